The normalized spacial score (nSPS) is 14.1. The summed E-state index contributed by atoms with van der Waals surface area (Å²) in [4.78, 5) is 22.9. The van der Waals surface area contributed by atoms with Gasteiger partial charge in [-0.15, -0.1) is 0 Å². The molecule has 3 rings (SSSR count). The second-order valence-electron chi connectivity index (χ2n) is 4.98. The van der Waals surface area contributed by atoms with Gasteiger partial charge in [0, 0.05) is 19.8 Å². The highest BCUT2D eigenvalue weighted by Crippen LogP contribution is 2.30. The van der Waals surface area contributed by atoms with Crippen molar-refractivity contribution < 1.29 is 9.53 Å². The van der Waals surface area contributed by atoms with Crippen molar-refractivity contribution in [2.24, 2.45) is 0 Å². The highest BCUT2D eigenvalue weighted by atomic mass is 16.5. The summed E-state index contributed by atoms with van der Waals surface area (Å²) >= 11 is 0. The largest absolute Gasteiger partial charge is 0.497 e. The number of amides is 1. The summed E-state index contributed by atoms with van der Waals surface area (Å²) in [5, 5.41) is 3.13. The average Bonchev–Trinajstić information content (AvgIpc) is 2.95. The van der Waals surface area contributed by atoms with Crippen molar-refractivity contribution in [1.29, 1.82) is 0 Å². The molecule has 1 aliphatic heterocycles. The van der Waals surface area contributed by atoms with Gasteiger partial charge >= 0.3 is 0 Å². The highest BCUT2D eigenvalue weighted by Gasteiger charge is 2.31. The first-order valence-corrected chi connectivity index (χ1v) is 6.73. The van der Waals surface area contributed by atoms with E-state index < -0.39 is 0 Å². The predicted molar refractivity (Wildman–Crippen MR) is 84.5 cm³/mol. The van der Waals surface area contributed by atoms with Gasteiger partial charge in [-0.2, -0.15) is 4.98 Å². The van der Waals surface area contributed by atoms with E-state index in [0.717, 1.165) is 11.4 Å². The number of methoxy groups -OCH3 is 1. The smallest absolute Gasteiger partial charge is 0.279 e. The van der Waals surface area contributed by atoms with Gasteiger partial charge in [-0.05, 0) is 24.3 Å². The van der Waals surface area contributed by atoms with Gasteiger partial charge in [-0.3, -0.25) is 9.69 Å². The van der Waals surface area contributed by atoms with Crippen LogP contribution in [-0.4, -0.2) is 42.0 Å². The Hall–Kier alpha value is -2.96. The second-order valence-corrected chi connectivity index (χ2v) is 4.98. The maximum Gasteiger partial charge on any atom is 0.279 e. The number of hydrogen-bond donors (Lipinski definition) is 2. The van der Waals surface area contributed by atoms with Crippen molar-refractivity contribution in [3.8, 4) is 5.75 Å². The third-order valence-electron chi connectivity index (χ3n) is 3.65. The molecule has 0 radical (unpaired) electrons. The number of aromatic amines is 1. The molecule has 0 bridgehead atoms. The first-order chi connectivity index (χ1) is 10.5. The highest BCUT2D eigenvalue weighted by molar-refractivity contribution is 6.01. The minimum atomic E-state index is -0.159. The fourth-order valence-corrected chi connectivity index (χ4v) is 2.26. The molecule has 7 heteroatoms. The van der Waals surface area contributed by atoms with Crippen LogP contribution in [0.5, 0.6) is 5.75 Å². The molecule has 2 aromatic rings. The average molecular weight is 299 g/mol. The molecular formula is C15H17N5O2. The van der Waals surface area contributed by atoms with E-state index in [1.807, 2.05) is 31.3 Å². The lowest BCUT2D eigenvalue weighted by Crippen LogP contribution is -2.40. The number of nitrogens with zero attached hydrogens (tertiary/aromatic N) is 3. The standard InChI is InChI=1S/C15H17N5O2/c1-9-19(2)13-12(14(21)20(9)3)17-15(18-13)16-10-5-7-11(22-4)8-6-10/h5-8H,1H2,2-4H3,(H2,16,17,18). The number of carbonyl (C=O) groups is 1. The Morgan fingerprint density at radius 3 is 2.55 bits per heavy atom. The van der Waals surface area contributed by atoms with Crippen molar-refractivity contribution >= 4 is 23.4 Å². The molecule has 0 spiro atoms. The van der Waals surface area contributed by atoms with Gasteiger partial charge in [0.25, 0.3) is 5.91 Å². The summed E-state index contributed by atoms with van der Waals surface area (Å²) in [6, 6.07) is 7.43. The fourth-order valence-electron chi connectivity index (χ4n) is 2.26. The molecule has 0 aliphatic carbocycles. The van der Waals surface area contributed by atoms with Crippen LogP contribution in [0.15, 0.2) is 36.7 Å². The van der Waals surface area contributed by atoms with Crippen LogP contribution < -0.4 is 15.0 Å². The van der Waals surface area contributed by atoms with Crippen LogP contribution in [0.4, 0.5) is 17.5 Å². The van der Waals surface area contributed by atoms with E-state index in [1.54, 1.807) is 19.1 Å². The Morgan fingerprint density at radius 1 is 1.23 bits per heavy atom. The van der Waals surface area contributed by atoms with Gasteiger partial charge in [0.2, 0.25) is 5.95 Å². The van der Waals surface area contributed by atoms with E-state index in [1.165, 1.54) is 4.90 Å². The van der Waals surface area contributed by atoms with Gasteiger partial charge in [-0.1, -0.05) is 6.58 Å². The topological polar surface area (TPSA) is 73.5 Å². The first-order valence-electron chi connectivity index (χ1n) is 6.73. The molecule has 0 atom stereocenters. The Morgan fingerprint density at radius 2 is 1.91 bits per heavy atom. The SMILES string of the molecule is C=C1N(C)C(=O)c2[nH]c(Nc3ccc(OC)cc3)nc2N1C. The van der Waals surface area contributed by atoms with Crippen molar-refractivity contribution in [2.75, 3.05) is 31.4 Å². The summed E-state index contributed by atoms with van der Waals surface area (Å²) in [6.07, 6.45) is 0. The molecule has 0 unspecified atom stereocenters. The predicted octanol–water partition coefficient (Wildman–Crippen LogP) is 2.15. The zero-order valence-electron chi connectivity index (χ0n) is 12.7. The minimum absolute atomic E-state index is 0.159. The molecule has 22 heavy (non-hydrogen) atoms. The van der Waals surface area contributed by atoms with E-state index in [2.05, 4.69) is 21.9 Å². The van der Waals surface area contributed by atoms with Crippen LogP contribution in [0.1, 0.15) is 10.5 Å². The zero-order valence-corrected chi connectivity index (χ0v) is 12.7. The molecule has 1 aliphatic rings. The number of fused-ring (bicyclic) bond motifs is 1. The van der Waals surface area contributed by atoms with E-state index in [4.69, 9.17) is 4.74 Å². The number of ether oxygens (including phenoxy) is 1. The third-order valence-corrected chi connectivity index (χ3v) is 3.65. The van der Waals surface area contributed by atoms with Crippen LogP contribution in [0.3, 0.4) is 0 Å². The molecule has 1 amide bonds. The van der Waals surface area contributed by atoms with Crippen LogP contribution in [0.25, 0.3) is 0 Å². The van der Waals surface area contributed by atoms with Crippen molar-refractivity contribution in [1.82, 2.24) is 14.9 Å². The number of rotatable bonds is 3. The molecule has 2 N–H and O–H groups in total. The van der Waals surface area contributed by atoms with E-state index in [9.17, 15) is 4.79 Å². The Kier molecular flexibility index (Phi) is 3.25. The summed E-state index contributed by atoms with van der Waals surface area (Å²) in [5.74, 6) is 2.26. The maximum absolute atomic E-state index is 12.2. The van der Waals surface area contributed by atoms with E-state index in [0.29, 0.717) is 23.3 Å². The van der Waals surface area contributed by atoms with Crippen LogP contribution in [-0.2, 0) is 0 Å². The molecule has 0 saturated carbocycles. The van der Waals surface area contributed by atoms with Crippen LogP contribution in [0, 0.1) is 0 Å². The summed E-state index contributed by atoms with van der Waals surface area (Å²) in [5.41, 5.74) is 1.28. The third kappa shape index (κ3) is 2.16. The first kappa shape index (κ1) is 14.0. The number of H-pyrrole nitrogens is 1. The summed E-state index contributed by atoms with van der Waals surface area (Å²) in [7, 11) is 5.12. The maximum atomic E-state index is 12.2. The molecule has 2 heterocycles. The van der Waals surface area contributed by atoms with Gasteiger partial charge in [0.15, 0.2) is 11.5 Å². The number of imidazole rings is 1. The summed E-state index contributed by atoms with van der Waals surface area (Å²) < 4.78 is 5.12. The van der Waals surface area contributed by atoms with Crippen LogP contribution >= 0.6 is 0 Å². The zero-order chi connectivity index (χ0) is 15.9. The van der Waals surface area contributed by atoms with Crippen molar-refractivity contribution in [2.45, 2.75) is 0 Å². The van der Waals surface area contributed by atoms with Gasteiger partial charge in [0.05, 0.1) is 7.11 Å². The molecule has 1 aromatic heterocycles. The molecule has 0 saturated heterocycles. The fraction of sp³-hybridized carbons (Fsp3) is 0.200. The van der Waals surface area contributed by atoms with Crippen molar-refractivity contribution in [3.63, 3.8) is 0 Å². The number of anilines is 3. The molecular weight excluding hydrogens is 282 g/mol. The minimum Gasteiger partial charge on any atom is -0.497 e. The molecule has 7 nitrogen and oxygen atoms in total. The van der Waals surface area contributed by atoms with E-state index >= 15 is 0 Å². The van der Waals surface area contributed by atoms with Gasteiger partial charge in [0.1, 0.15) is 11.6 Å². The Labute approximate surface area is 128 Å². The Bertz CT molecular complexity index is 735. The summed E-state index contributed by atoms with van der Waals surface area (Å²) in [6.45, 7) is 3.88. The quantitative estimate of drug-likeness (QED) is 0.908. The van der Waals surface area contributed by atoms with Crippen molar-refractivity contribution in [3.05, 3.63) is 42.4 Å². The van der Waals surface area contributed by atoms with Crippen LogP contribution in [0.2, 0.25) is 0 Å². The lowest BCUT2D eigenvalue weighted by Gasteiger charge is -2.31. The molecule has 114 valence electrons. The number of nitrogens with one attached hydrogen (secondary N) is 2. The second kappa shape index (κ2) is 5.10. The monoisotopic (exact) mass is 299 g/mol. The number of aromatic nitrogens is 2. The molecule has 1 aromatic carbocycles. The lowest BCUT2D eigenvalue weighted by molar-refractivity contribution is 0.0821. The lowest BCUT2D eigenvalue weighted by atomic mass is 10.3. The van der Waals surface area contributed by atoms with E-state index in [-0.39, 0.29) is 5.91 Å². The van der Waals surface area contributed by atoms with Gasteiger partial charge < -0.3 is 19.9 Å². The Balaban J connectivity index is 1.89. The van der Waals surface area contributed by atoms with Gasteiger partial charge in [-0.25, -0.2) is 0 Å². The number of carbonyl (C=O) groups excluding carboxylic acids is 1. The number of hydrogen-bond acceptors (Lipinski definition) is 5. The number of benzene rings is 1. The molecule has 0 fully saturated rings.